The summed E-state index contributed by atoms with van der Waals surface area (Å²) in [6, 6.07) is 19.5. The largest absolute Gasteiger partial charge is 0.376 e. The van der Waals surface area contributed by atoms with Crippen molar-refractivity contribution in [3.8, 4) is 0 Å². The third-order valence-corrected chi connectivity index (χ3v) is 5.54. The molecular weight excluding hydrogens is 457 g/mol. The summed E-state index contributed by atoms with van der Waals surface area (Å²) in [6.07, 6.45) is 0. The van der Waals surface area contributed by atoms with Gasteiger partial charge in [-0.05, 0) is 42.8 Å². The lowest BCUT2D eigenvalue weighted by Crippen LogP contribution is -2.26. The van der Waals surface area contributed by atoms with E-state index in [1.807, 2.05) is 37.3 Å². The van der Waals surface area contributed by atoms with Crippen molar-refractivity contribution in [1.82, 2.24) is 5.32 Å². The summed E-state index contributed by atoms with van der Waals surface area (Å²) in [5, 5.41) is 9.52. The van der Waals surface area contributed by atoms with Gasteiger partial charge in [-0.25, -0.2) is 0 Å². The molecule has 1 unspecified atom stereocenters. The van der Waals surface area contributed by atoms with Gasteiger partial charge in [0, 0.05) is 11.3 Å². The van der Waals surface area contributed by atoms with Crippen LogP contribution in [0.4, 0.5) is 11.4 Å². The van der Waals surface area contributed by atoms with Crippen molar-refractivity contribution in [2.24, 2.45) is 0 Å². The zero-order valence-corrected chi connectivity index (χ0v) is 18.9. The first-order chi connectivity index (χ1) is 14.8. The van der Waals surface area contributed by atoms with Crippen LogP contribution in [0.3, 0.4) is 0 Å². The standard InChI is InChI=1S/C23H20Cl3N3O2/c1-14(15-6-3-2-4-7-15)28-23(31)16-8-5-9-17(10-16)27-13-22(30)29-21-12-19(25)18(24)11-20(21)26/h2-12,14,27H,13H2,1H3,(H,28,31)(H,29,30). The molecule has 2 amide bonds. The molecule has 1 atom stereocenters. The number of nitrogens with one attached hydrogen (secondary N) is 3. The van der Waals surface area contributed by atoms with Crippen LogP contribution in [0.1, 0.15) is 28.9 Å². The number of carbonyl (C=O) groups excluding carboxylic acids is 2. The van der Waals surface area contributed by atoms with Crippen LogP contribution in [0.15, 0.2) is 66.7 Å². The van der Waals surface area contributed by atoms with Gasteiger partial charge in [0.2, 0.25) is 5.91 Å². The summed E-state index contributed by atoms with van der Waals surface area (Å²) in [6.45, 7) is 1.90. The molecule has 0 heterocycles. The smallest absolute Gasteiger partial charge is 0.251 e. The second-order valence-electron chi connectivity index (χ2n) is 6.83. The molecule has 160 valence electrons. The van der Waals surface area contributed by atoms with Gasteiger partial charge in [-0.3, -0.25) is 9.59 Å². The van der Waals surface area contributed by atoms with E-state index in [1.54, 1.807) is 24.3 Å². The molecule has 3 aromatic rings. The molecule has 0 saturated carbocycles. The maximum absolute atomic E-state index is 12.6. The van der Waals surface area contributed by atoms with E-state index in [2.05, 4.69) is 16.0 Å². The fraction of sp³-hybridized carbons (Fsp3) is 0.130. The van der Waals surface area contributed by atoms with Crippen LogP contribution >= 0.6 is 34.8 Å². The van der Waals surface area contributed by atoms with Crippen molar-refractivity contribution in [1.29, 1.82) is 0 Å². The monoisotopic (exact) mass is 475 g/mol. The molecule has 5 nitrogen and oxygen atoms in total. The first-order valence-electron chi connectivity index (χ1n) is 9.47. The second kappa shape index (κ2) is 10.5. The van der Waals surface area contributed by atoms with Gasteiger partial charge in [-0.15, -0.1) is 0 Å². The van der Waals surface area contributed by atoms with Crippen molar-refractivity contribution in [2.45, 2.75) is 13.0 Å². The van der Waals surface area contributed by atoms with Crippen LogP contribution < -0.4 is 16.0 Å². The number of hydrogen-bond acceptors (Lipinski definition) is 3. The van der Waals surface area contributed by atoms with Gasteiger partial charge in [0.1, 0.15) is 0 Å². The average Bonchev–Trinajstić information content (AvgIpc) is 2.77. The predicted octanol–water partition coefficient (Wildman–Crippen LogP) is 6.19. The lowest BCUT2D eigenvalue weighted by atomic mass is 10.1. The molecule has 8 heteroatoms. The van der Waals surface area contributed by atoms with Gasteiger partial charge >= 0.3 is 0 Å². The minimum Gasteiger partial charge on any atom is -0.376 e. The molecule has 0 aliphatic heterocycles. The SMILES string of the molecule is CC(NC(=O)c1cccc(NCC(=O)Nc2cc(Cl)c(Cl)cc2Cl)c1)c1ccccc1. The molecule has 0 saturated heterocycles. The highest BCUT2D eigenvalue weighted by Gasteiger charge is 2.13. The zero-order valence-electron chi connectivity index (χ0n) is 16.6. The van der Waals surface area contributed by atoms with Gasteiger partial charge in [0.25, 0.3) is 5.91 Å². The molecule has 3 N–H and O–H groups in total. The van der Waals surface area contributed by atoms with Crippen molar-refractivity contribution < 1.29 is 9.59 Å². The maximum Gasteiger partial charge on any atom is 0.251 e. The van der Waals surface area contributed by atoms with Gasteiger partial charge in [0.05, 0.1) is 33.3 Å². The molecule has 3 rings (SSSR count). The number of carbonyl (C=O) groups is 2. The van der Waals surface area contributed by atoms with Crippen molar-refractivity contribution in [2.75, 3.05) is 17.2 Å². The van der Waals surface area contributed by atoms with Gasteiger partial charge in [0.15, 0.2) is 0 Å². The Morgan fingerprint density at radius 2 is 1.58 bits per heavy atom. The van der Waals surface area contributed by atoms with Crippen LogP contribution in [-0.2, 0) is 4.79 Å². The Morgan fingerprint density at radius 3 is 2.32 bits per heavy atom. The third-order valence-electron chi connectivity index (χ3n) is 4.51. The van der Waals surface area contributed by atoms with Crippen LogP contribution in [0.2, 0.25) is 15.1 Å². The maximum atomic E-state index is 12.6. The Labute approximate surface area is 195 Å². The number of rotatable bonds is 7. The minimum atomic E-state index is -0.326. The lowest BCUT2D eigenvalue weighted by Gasteiger charge is -2.15. The summed E-state index contributed by atoms with van der Waals surface area (Å²) in [7, 11) is 0. The molecule has 0 aromatic heterocycles. The van der Waals surface area contributed by atoms with Crippen LogP contribution in [-0.4, -0.2) is 18.4 Å². The molecular formula is C23H20Cl3N3O2. The lowest BCUT2D eigenvalue weighted by molar-refractivity contribution is -0.114. The molecule has 0 fully saturated rings. The third kappa shape index (κ3) is 6.37. The van der Waals surface area contributed by atoms with Crippen molar-refractivity contribution >= 4 is 58.0 Å². The Balaban J connectivity index is 1.58. The Morgan fingerprint density at radius 1 is 0.871 bits per heavy atom. The quantitative estimate of drug-likeness (QED) is 0.356. The topological polar surface area (TPSA) is 70.2 Å². The first-order valence-corrected chi connectivity index (χ1v) is 10.6. The van der Waals surface area contributed by atoms with E-state index in [9.17, 15) is 9.59 Å². The normalized spacial score (nSPS) is 11.5. The van der Waals surface area contributed by atoms with Crippen LogP contribution in [0.25, 0.3) is 0 Å². The summed E-state index contributed by atoms with van der Waals surface area (Å²) in [5.41, 5.74) is 2.50. The summed E-state index contributed by atoms with van der Waals surface area (Å²) in [4.78, 5) is 24.9. The molecule has 0 spiro atoms. The highest BCUT2D eigenvalue weighted by molar-refractivity contribution is 6.44. The first kappa shape index (κ1) is 22.9. The highest BCUT2D eigenvalue weighted by Crippen LogP contribution is 2.32. The van der Waals surface area contributed by atoms with Gasteiger partial charge < -0.3 is 16.0 Å². The molecule has 0 radical (unpaired) electrons. The molecule has 0 aliphatic carbocycles. The average molecular weight is 477 g/mol. The zero-order chi connectivity index (χ0) is 22.4. The highest BCUT2D eigenvalue weighted by atomic mass is 35.5. The molecule has 0 aliphatic rings. The van der Waals surface area contributed by atoms with E-state index >= 15 is 0 Å². The van der Waals surface area contributed by atoms with Crippen LogP contribution in [0.5, 0.6) is 0 Å². The van der Waals surface area contributed by atoms with Crippen molar-refractivity contribution in [3.05, 3.63) is 92.9 Å². The molecule has 31 heavy (non-hydrogen) atoms. The van der Waals surface area contributed by atoms with E-state index in [4.69, 9.17) is 34.8 Å². The number of benzene rings is 3. The Kier molecular flexibility index (Phi) is 7.80. The minimum absolute atomic E-state index is 0.0257. The number of anilines is 2. The van der Waals surface area contributed by atoms with Crippen LogP contribution in [0, 0.1) is 0 Å². The van der Waals surface area contributed by atoms with E-state index in [-0.39, 0.29) is 34.4 Å². The van der Waals surface area contributed by atoms with E-state index in [0.29, 0.717) is 22.0 Å². The summed E-state index contributed by atoms with van der Waals surface area (Å²) in [5.74, 6) is -0.528. The van der Waals surface area contributed by atoms with E-state index < -0.39 is 0 Å². The number of halogens is 3. The molecule has 0 bridgehead atoms. The van der Waals surface area contributed by atoms with E-state index in [1.165, 1.54) is 12.1 Å². The Bertz CT molecular complexity index is 1090. The van der Waals surface area contributed by atoms with Gasteiger partial charge in [-0.1, -0.05) is 71.2 Å². The fourth-order valence-electron chi connectivity index (χ4n) is 2.87. The van der Waals surface area contributed by atoms with Crippen molar-refractivity contribution in [3.63, 3.8) is 0 Å². The molecule has 3 aromatic carbocycles. The summed E-state index contributed by atoms with van der Waals surface area (Å²) < 4.78 is 0. The Hall–Kier alpha value is -2.73. The van der Waals surface area contributed by atoms with E-state index in [0.717, 1.165) is 5.56 Å². The second-order valence-corrected chi connectivity index (χ2v) is 8.06. The summed E-state index contributed by atoms with van der Waals surface area (Å²) >= 11 is 17.9. The predicted molar refractivity (Wildman–Crippen MR) is 127 cm³/mol. The fourth-order valence-corrected chi connectivity index (χ4v) is 3.46. The van der Waals surface area contributed by atoms with Gasteiger partial charge in [-0.2, -0.15) is 0 Å². The number of amides is 2. The number of hydrogen-bond donors (Lipinski definition) is 3.